The van der Waals surface area contributed by atoms with Crippen molar-refractivity contribution < 1.29 is 0 Å². The number of rotatable bonds is 5. The molecule has 0 saturated heterocycles. The summed E-state index contributed by atoms with van der Waals surface area (Å²) in [4.78, 5) is 13.2. The maximum atomic E-state index is 9.05. The number of anilines is 2. The SMILES string of the molecule is CCNc1nc(C#N)cc2cnc(NC3CC(NC)C3)nc12. The predicted octanol–water partition coefficient (Wildman–Crippen LogP) is 1.49. The van der Waals surface area contributed by atoms with Crippen LogP contribution in [0.25, 0.3) is 10.9 Å². The maximum Gasteiger partial charge on any atom is 0.223 e. The van der Waals surface area contributed by atoms with Crippen molar-refractivity contribution in [3.63, 3.8) is 0 Å². The summed E-state index contributed by atoms with van der Waals surface area (Å²) in [5.41, 5.74) is 1.10. The molecule has 3 N–H and O–H groups in total. The van der Waals surface area contributed by atoms with E-state index in [1.54, 1.807) is 12.3 Å². The molecular weight excluding hydrogens is 278 g/mol. The lowest BCUT2D eigenvalue weighted by atomic mass is 9.87. The summed E-state index contributed by atoms with van der Waals surface area (Å²) < 4.78 is 0. The van der Waals surface area contributed by atoms with E-state index in [1.165, 1.54) is 0 Å². The van der Waals surface area contributed by atoms with Gasteiger partial charge in [-0.25, -0.2) is 15.0 Å². The summed E-state index contributed by atoms with van der Waals surface area (Å²) in [5.74, 6) is 1.24. The standard InChI is InChI=1S/C15H19N7/c1-3-18-14-13-9(4-12(7-16)20-14)8-19-15(22-13)21-11-5-10(6-11)17-2/h4,8,10-11,17H,3,5-6H2,1-2H3,(H,18,20)(H,19,21,22). The summed E-state index contributed by atoms with van der Waals surface area (Å²) in [6.45, 7) is 2.70. The van der Waals surface area contributed by atoms with Gasteiger partial charge in [-0.05, 0) is 32.9 Å². The van der Waals surface area contributed by atoms with Crippen LogP contribution in [-0.4, -0.2) is 40.6 Å². The van der Waals surface area contributed by atoms with Gasteiger partial charge in [-0.15, -0.1) is 0 Å². The van der Waals surface area contributed by atoms with Crippen LogP contribution in [0.3, 0.4) is 0 Å². The summed E-state index contributed by atoms with van der Waals surface area (Å²) in [6, 6.07) is 4.76. The van der Waals surface area contributed by atoms with Crippen molar-refractivity contribution in [2.45, 2.75) is 31.8 Å². The molecule has 0 aliphatic heterocycles. The van der Waals surface area contributed by atoms with Crippen molar-refractivity contribution in [1.82, 2.24) is 20.3 Å². The molecule has 1 aliphatic rings. The molecule has 0 aromatic carbocycles. The molecule has 0 bridgehead atoms. The molecule has 0 spiro atoms. The molecule has 2 heterocycles. The van der Waals surface area contributed by atoms with Gasteiger partial charge in [-0.2, -0.15) is 5.26 Å². The highest BCUT2D eigenvalue weighted by Gasteiger charge is 2.28. The lowest BCUT2D eigenvalue weighted by molar-refractivity contribution is 0.325. The molecule has 1 saturated carbocycles. The number of nitrogens with zero attached hydrogens (tertiary/aromatic N) is 4. The molecule has 2 aromatic heterocycles. The average molecular weight is 297 g/mol. The van der Waals surface area contributed by atoms with Gasteiger partial charge in [0.25, 0.3) is 0 Å². The van der Waals surface area contributed by atoms with Crippen LogP contribution in [0.4, 0.5) is 11.8 Å². The number of hydrogen-bond acceptors (Lipinski definition) is 7. The van der Waals surface area contributed by atoms with Crippen LogP contribution in [-0.2, 0) is 0 Å². The summed E-state index contributed by atoms with van der Waals surface area (Å²) in [6.07, 6.45) is 3.88. The zero-order valence-electron chi connectivity index (χ0n) is 12.7. The van der Waals surface area contributed by atoms with Crippen LogP contribution >= 0.6 is 0 Å². The van der Waals surface area contributed by atoms with E-state index in [-0.39, 0.29) is 0 Å². The van der Waals surface area contributed by atoms with Crippen molar-refractivity contribution in [1.29, 1.82) is 5.26 Å². The Balaban J connectivity index is 1.88. The summed E-state index contributed by atoms with van der Waals surface area (Å²) in [5, 5.41) is 19.6. The fourth-order valence-electron chi connectivity index (χ4n) is 2.61. The van der Waals surface area contributed by atoms with Gasteiger partial charge >= 0.3 is 0 Å². The van der Waals surface area contributed by atoms with Gasteiger partial charge in [-0.3, -0.25) is 0 Å². The van der Waals surface area contributed by atoms with Crippen LogP contribution in [0.5, 0.6) is 0 Å². The number of nitriles is 1. The molecule has 2 aromatic rings. The number of nitrogens with one attached hydrogen (secondary N) is 3. The smallest absolute Gasteiger partial charge is 0.223 e. The van der Waals surface area contributed by atoms with Gasteiger partial charge < -0.3 is 16.0 Å². The van der Waals surface area contributed by atoms with Crippen molar-refractivity contribution in [2.75, 3.05) is 24.2 Å². The van der Waals surface area contributed by atoms with Crippen molar-refractivity contribution in [2.24, 2.45) is 0 Å². The Hall–Kier alpha value is -2.46. The highest BCUT2D eigenvalue weighted by atomic mass is 15.1. The van der Waals surface area contributed by atoms with Crippen LogP contribution in [0.15, 0.2) is 12.3 Å². The maximum absolute atomic E-state index is 9.05. The quantitative estimate of drug-likeness (QED) is 0.769. The third kappa shape index (κ3) is 2.78. The van der Waals surface area contributed by atoms with Gasteiger partial charge in [-0.1, -0.05) is 0 Å². The molecule has 22 heavy (non-hydrogen) atoms. The van der Waals surface area contributed by atoms with Gasteiger partial charge in [0.2, 0.25) is 5.95 Å². The fraction of sp³-hybridized carbons (Fsp3) is 0.467. The molecule has 0 atom stereocenters. The number of hydrogen-bond donors (Lipinski definition) is 3. The Morgan fingerprint density at radius 1 is 1.32 bits per heavy atom. The van der Waals surface area contributed by atoms with E-state index in [2.05, 4.69) is 37.0 Å². The van der Waals surface area contributed by atoms with Crippen molar-refractivity contribution >= 4 is 22.7 Å². The Labute approximate surface area is 129 Å². The molecule has 7 heteroatoms. The van der Waals surface area contributed by atoms with E-state index in [4.69, 9.17) is 5.26 Å². The molecule has 0 unspecified atom stereocenters. The largest absolute Gasteiger partial charge is 0.368 e. The van der Waals surface area contributed by atoms with Gasteiger partial charge in [0.1, 0.15) is 17.3 Å². The predicted molar refractivity (Wildman–Crippen MR) is 85.7 cm³/mol. The van der Waals surface area contributed by atoms with Gasteiger partial charge in [0, 0.05) is 30.2 Å². The van der Waals surface area contributed by atoms with E-state index < -0.39 is 0 Å². The minimum absolute atomic E-state index is 0.364. The second-order valence-electron chi connectivity index (χ2n) is 5.43. The minimum Gasteiger partial charge on any atom is -0.368 e. The molecular formula is C15H19N7. The van der Waals surface area contributed by atoms with E-state index >= 15 is 0 Å². The van der Waals surface area contributed by atoms with Gasteiger partial charge in [0.05, 0.1) is 0 Å². The normalized spacial score (nSPS) is 20.2. The lowest BCUT2D eigenvalue weighted by Gasteiger charge is -2.35. The average Bonchev–Trinajstić information content (AvgIpc) is 2.50. The topological polar surface area (TPSA) is 98.5 Å². The van der Waals surface area contributed by atoms with Crippen LogP contribution in [0.2, 0.25) is 0 Å². The van der Waals surface area contributed by atoms with Crippen LogP contribution < -0.4 is 16.0 Å². The first kappa shape index (κ1) is 14.5. The van der Waals surface area contributed by atoms with E-state index in [1.807, 2.05) is 14.0 Å². The second kappa shape index (κ2) is 6.12. The van der Waals surface area contributed by atoms with Crippen LogP contribution in [0, 0.1) is 11.3 Å². The molecule has 114 valence electrons. The van der Waals surface area contributed by atoms with E-state index in [0.717, 1.165) is 30.3 Å². The first-order valence-electron chi connectivity index (χ1n) is 7.49. The zero-order valence-corrected chi connectivity index (χ0v) is 12.7. The third-order valence-corrected chi connectivity index (χ3v) is 3.90. The molecule has 0 radical (unpaired) electrons. The molecule has 3 rings (SSSR count). The Morgan fingerprint density at radius 3 is 2.82 bits per heavy atom. The van der Waals surface area contributed by atoms with E-state index in [0.29, 0.717) is 29.5 Å². The van der Waals surface area contributed by atoms with E-state index in [9.17, 15) is 0 Å². The highest BCUT2D eigenvalue weighted by molar-refractivity contribution is 5.89. The first-order chi connectivity index (χ1) is 10.7. The monoisotopic (exact) mass is 297 g/mol. The summed E-state index contributed by atoms with van der Waals surface area (Å²) >= 11 is 0. The molecule has 0 amide bonds. The van der Waals surface area contributed by atoms with Crippen molar-refractivity contribution in [3.8, 4) is 6.07 Å². The number of aromatic nitrogens is 3. The second-order valence-corrected chi connectivity index (χ2v) is 5.43. The summed E-state index contributed by atoms with van der Waals surface area (Å²) in [7, 11) is 1.98. The van der Waals surface area contributed by atoms with Crippen molar-refractivity contribution in [3.05, 3.63) is 18.0 Å². The number of pyridine rings is 1. The zero-order chi connectivity index (χ0) is 15.5. The minimum atomic E-state index is 0.364. The Morgan fingerprint density at radius 2 is 2.14 bits per heavy atom. The Kier molecular flexibility index (Phi) is 4.02. The fourth-order valence-corrected chi connectivity index (χ4v) is 2.61. The highest BCUT2D eigenvalue weighted by Crippen LogP contribution is 2.25. The third-order valence-electron chi connectivity index (χ3n) is 3.90. The molecule has 1 fully saturated rings. The first-order valence-corrected chi connectivity index (χ1v) is 7.49. The Bertz CT molecular complexity index is 716. The lowest BCUT2D eigenvalue weighted by Crippen LogP contribution is -2.46. The van der Waals surface area contributed by atoms with Gasteiger partial charge in [0.15, 0.2) is 5.82 Å². The number of fused-ring (bicyclic) bond motifs is 1. The molecule has 7 nitrogen and oxygen atoms in total. The van der Waals surface area contributed by atoms with Crippen LogP contribution in [0.1, 0.15) is 25.5 Å². The molecule has 1 aliphatic carbocycles.